The number of hydrogen-bond acceptors (Lipinski definition) is 7. The Balaban J connectivity index is 1.49. The number of nitrogens with zero attached hydrogens (tertiary/aromatic N) is 2. The Labute approximate surface area is 174 Å². The van der Waals surface area contributed by atoms with Crippen molar-refractivity contribution in [3.05, 3.63) is 61.7 Å². The third-order valence-electron chi connectivity index (χ3n) is 3.84. The lowest BCUT2D eigenvalue weighted by molar-refractivity contribution is -0.384. The van der Waals surface area contributed by atoms with E-state index in [1.807, 2.05) is 23.6 Å². The van der Waals surface area contributed by atoms with Crippen molar-refractivity contribution in [3.8, 4) is 0 Å². The lowest BCUT2D eigenvalue weighted by Gasteiger charge is -2.14. The van der Waals surface area contributed by atoms with Crippen LogP contribution in [0.25, 0.3) is 6.08 Å². The number of thioether (sulfide) groups is 1. The number of rotatable bonds is 7. The minimum atomic E-state index is -0.499. The minimum absolute atomic E-state index is 0.0389. The van der Waals surface area contributed by atoms with Crippen LogP contribution in [0.1, 0.15) is 17.7 Å². The van der Waals surface area contributed by atoms with Crippen molar-refractivity contribution in [3.63, 3.8) is 0 Å². The molecule has 1 aromatic heterocycles. The second-order valence-electron chi connectivity index (χ2n) is 5.80. The minimum Gasteiger partial charge on any atom is -0.326 e. The molecule has 144 valence electrons. The van der Waals surface area contributed by atoms with Crippen LogP contribution in [0.2, 0.25) is 0 Å². The fraction of sp³-hybridized carbons (Fsp3) is 0.167. The number of amides is 2. The molecule has 28 heavy (non-hydrogen) atoms. The van der Waals surface area contributed by atoms with Gasteiger partial charge in [-0.1, -0.05) is 30.0 Å². The molecule has 2 aromatic rings. The largest absolute Gasteiger partial charge is 0.326 e. The molecular formula is C18H15N3O4S3. The van der Waals surface area contributed by atoms with Crippen molar-refractivity contribution in [2.24, 2.45) is 0 Å². The van der Waals surface area contributed by atoms with Crippen molar-refractivity contribution in [1.29, 1.82) is 0 Å². The van der Waals surface area contributed by atoms with Gasteiger partial charge in [0, 0.05) is 35.7 Å². The zero-order valence-corrected chi connectivity index (χ0v) is 16.9. The molecule has 2 heterocycles. The first kappa shape index (κ1) is 20.2. The summed E-state index contributed by atoms with van der Waals surface area (Å²) in [6.45, 7) is 0.361. The first-order chi connectivity index (χ1) is 13.4. The van der Waals surface area contributed by atoms with Crippen molar-refractivity contribution >= 4 is 68.9 Å². The van der Waals surface area contributed by atoms with E-state index in [1.165, 1.54) is 40.9 Å². The fourth-order valence-corrected chi connectivity index (χ4v) is 4.51. The number of thiocarbonyl (C=S) groups is 1. The van der Waals surface area contributed by atoms with Crippen molar-refractivity contribution in [1.82, 2.24) is 4.90 Å². The number of thiophene rings is 1. The Morgan fingerprint density at radius 1 is 1.29 bits per heavy atom. The van der Waals surface area contributed by atoms with Gasteiger partial charge in [0.15, 0.2) is 0 Å². The number of nitro groups is 1. The Morgan fingerprint density at radius 2 is 2.04 bits per heavy atom. The predicted molar refractivity (Wildman–Crippen MR) is 115 cm³/mol. The molecule has 1 saturated heterocycles. The average molecular weight is 434 g/mol. The van der Waals surface area contributed by atoms with Gasteiger partial charge in [0.05, 0.1) is 9.83 Å². The normalized spacial score (nSPS) is 15.3. The van der Waals surface area contributed by atoms with Gasteiger partial charge in [-0.15, -0.1) is 11.3 Å². The highest BCUT2D eigenvalue weighted by atomic mass is 32.2. The Morgan fingerprint density at radius 3 is 2.68 bits per heavy atom. The SMILES string of the molecule is O=C(CCCN1C(=O)/C(=C/c2cccs2)SC1=S)Nc1ccc([N+](=O)[O-])cc1. The molecule has 0 radical (unpaired) electrons. The zero-order chi connectivity index (χ0) is 20.1. The molecule has 0 bridgehead atoms. The van der Waals surface area contributed by atoms with Gasteiger partial charge < -0.3 is 5.32 Å². The van der Waals surface area contributed by atoms with Gasteiger partial charge in [0.1, 0.15) is 4.32 Å². The van der Waals surface area contributed by atoms with E-state index in [0.29, 0.717) is 27.9 Å². The highest BCUT2D eigenvalue weighted by Gasteiger charge is 2.31. The first-order valence-electron chi connectivity index (χ1n) is 8.27. The van der Waals surface area contributed by atoms with Crippen LogP contribution in [0.3, 0.4) is 0 Å². The molecule has 1 aromatic carbocycles. The summed E-state index contributed by atoms with van der Waals surface area (Å²) in [6, 6.07) is 9.46. The maximum Gasteiger partial charge on any atom is 0.269 e. The molecule has 0 atom stereocenters. The topological polar surface area (TPSA) is 92.6 Å². The standard InChI is InChI=1S/C18H15N3O4S3/c22-16(19-12-5-7-13(8-6-12)21(24)25)4-1-9-20-17(23)15(28-18(20)26)11-14-3-2-10-27-14/h2-3,5-8,10-11H,1,4,9H2,(H,19,22)/b15-11-. The number of hydrogen-bond donors (Lipinski definition) is 1. The summed E-state index contributed by atoms with van der Waals surface area (Å²) in [7, 11) is 0. The number of nitro benzene ring substituents is 1. The van der Waals surface area contributed by atoms with Crippen LogP contribution >= 0.6 is 35.3 Å². The number of carbonyl (C=O) groups is 2. The van der Waals surface area contributed by atoms with Gasteiger partial charge in [-0.2, -0.15) is 0 Å². The van der Waals surface area contributed by atoms with Crippen molar-refractivity contribution in [2.75, 3.05) is 11.9 Å². The second-order valence-corrected chi connectivity index (χ2v) is 8.46. The number of non-ortho nitro benzene ring substituents is 1. The van der Waals surface area contributed by atoms with Gasteiger partial charge in [-0.05, 0) is 36.1 Å². The van der Waals surface area contributed by atoms with Crippen LogP contribution in [-0.4, -0.2) is 32.5 Å². The van der Waals surface area contributed by atoms with E-state index in [0.717, 1.165) is 4.88 Å². The summed E-state index contributed by atoms with van der Waals surface area (Å²) in [4.78, 5) is 37.8. The van der Waals surface area contributed by atoms with Crippen LogP contribution in [0, 0.1) is 10.1 Å². The molecule has 0 saturated carbocycles. The predicted octanol–water partition coefficient (Wildman–Crippen LogP) is 4.28. The van der Waals surface area contributed by atoms with E-state index in [4.69, 9.17) is 12.2 Å². The molecule has 0 spiro atoms. The molecule has 1 fully saturated rings. The monoisotopic (exact) mass is 433 g/mol. The Kier molecular flexibility index (Phi) is 6.55. The summed E-state index contributed by atoms with van der Waals surface area (Å²) in [5.74, 6) is -0.368. The summed E-state index contributed by atoms with van der Waals surface area (Å²) >= 11 is 8.09. The van der Waals surface area contributed by atoms with Crippen LogP contribution in [0.5, 0.6) is 0 Å². The highest BCUT2D eigenvalue weighted by Crippen LogP contribution is 2.33. The van der Waals surface area contributed by atoms with Crippen LogP contribution in [-0.2, 0) is 9.59 Å². The van der Waals surface area contributed by atoms with Gasteiger partial charge in [-0.3, -0.25) is 24.6 Å². The Bertz CT molecular complexity index is 939. The molecular weight excluding hydrogens is 418 g/mol. The van der Waals surface area contributed by atoms with Gasteiger partial charge in [0.2, 0.25) is 5.91 Å². The summed E-state index contributed by atoms with van der Waals surface area (Å²) in [5.41, 5.74) is 0.447. The van der Waals surface area contributed by atoms with Crippen molar-refractivity contribution < 1.29 is 14.5 Å². The van der Waals surface area contributed by atoms with E-state index in [-0.39, 0.29) is 23.9 Å². The van der Waals surface area contributed by atoms with Crippen LogP contribution < -0.4 is 5.32 Å². The Hall–Kier alpha value is -2.56. The lowest BCUT2D eigenvalue weighted by atomic mass is 10.2. The maximum absolute atomic E-state index is 12.5. The summed E-state index contributed by atoms with van der Waals surface area (Å²) in [5, 5.41) is 15.3. The quantitative estimate of drug-likeness (QED) is 0.303. The molecule has 7 nitrogen and oxygen atoms in total. The molecule has 3 rings (SSSR count). The van der Waals surface area contributed by atoms with Crippen LogP contribution in [0.15, 0.2) is 46.7 Å². The molecule has 0 aliphatic carbocycles. The van der Waals surface area contributed by atoms with E-state index >= 15 is 0 Å². The molecule has 0 unspecified atom stereocenters. The second kappa shape index (κ2) is 9.09. The molecule has 1 aliphatic heterocycles. The van der Waals surface area contributed by atoms with E-state index in [9.17, 15) is 19.7 Å². The smallest absolute Gasteiger partial charge is 0.269 e. The maximum atomic E-state index is 12.5. The summed E-state index contributed by atoms with van der Waals surface area (Å²) < 4.78 is 0.489. The molecule has 2 amide bonds. The van der Waals surface area contributed by atoms with Crippen molar-refractivity contribution in [2.45, 2.75) is 12.8 Å². The van der Waals surface area contributed by atoms with Crippen LogP contribution in [0.4, 0.5) is 11.4 Å². The fourth-order valence-electron chi connectivity index (χ4n) is 2.48. The van der Waals surface area contributed by atoms with E-state index in [1.54, 1.807) is 11.3 Å². The van der Waals surface area contributed by atoms with E-state index in [2.05, 4.69) is 5.32 Å². The highest BCUT2D eigenvalue weighted by molar-refractivity contribution is 8.26. The molecule has 10 heteroatoms. The zero-order valence-electron chi connectivity index (χ0n) is 14.5. The van der Waals surface area contributed by atoms with Gasteiger partial charge >= 0.3 is 0 Å². The molecule has 1 aliphatic rings. The number of nitrogens with one attached hydrogen (secondary N) is 1. The molecule has 1 N–H and O–H groups in total. The average Bonchev–Trinajstić information content (AvgIpc) is 3.26. The number of anilines is 1. The van der Waals surface area contributed by atoms with Gasteiger partial charge in [0.25, 0.3) is 11.6 Å². The first-order valence-corrected chi connectivity index (χ1v) is 10.4. The van der Waals surface area contributed by atoms with Gasteiger partial charge in [-0.25, -0.2) is 0 Å². The summed E-state index contributed by atoms with van der Waals surface area (Å²) in [6.07, 6.45) is 2.49. The number of benzene rings is 1. The third kappa shape index (κ3) is 5.03. The lowest BCUT2D eigenvalue weighted by Crippen LogP contribution is -2.29. The van der Waals surface area contributed by atoms with E-state index < -0.39 is 4.92 Å². The number of carbonyl (C=O) groups excluding carboxylic acids is 2. The third-order valence-corrected chi connectivity index (χ3v) is 6.03.